The molecular formula is C24H20N2O4S. The zero-order valence-corrected chi connectivity index (χ0v) is 17.7. The van der Waals surface area contributed by atoms with Gasteiger partial charge in [0.15, 0.2) is 12.4 Å². The van der Waals surface area contributed by atoms with Crippen molar-refractivity contribution in [3.8, 4) is 23.1 Å². The van der Waals surface area contributed by atoms with Crippen LogP contribution in [0.25, 0.3) is 11.3 Å². The van der Waals surface area contributed by atoms with Gasteiger partial charge in [-0.3, -0.25) is 9.59 Å². The van der Waals surface area contributed by atoms with Crippen molar-refractivity contribution in [1.82, 2.24) is 4.98 Å². The Kier molecular flexibility index (Phi) is 7.79. The van der Waals surface area contributed by atoms with Gasteiger partial charge in [0, 0.05) is 16.9 Å². The fourth-order valence-corrected chi connectivity index (χ4v) is 3.61. The van der Waals surface area contributed by atoms with Crippen LogP contribution in [0.2, 0.25) is 0 Å². The van der Waals surface area contributed by atoms with E-state index in [1.165, 1.54) is 11.8 Å². The van der Waals surface area contributed by atoms with Crippen LogP contribution in [0.5, 0.6) is 5.75 Å². The molecule has 1 aromatic heterocycles. The number of hydrogen-bond acceptors (Lipinski definition) is 7. The van der Waals surface area contributed by atoms with Crippen molar-refractivity contribution in [2.75, 3.05) is 19.5 Å². The average molecular weight is 433 g/mol. The molecular weight excluding hydrogens is 412 g/mol. The lowest BCUT2D eigenvalue weighted by atomic mass is 10.1. The second-order valence-electron chi connectivity index (χ2n) is 6.44. The third kappa shape index (κ3) is 6.17. The van der Waals surface area contributed by atoms with Gasteiger partial charge in [-0.25, -0.2) is 4.98 Å². The Balaban J connectivity index is 1.51. The number of thioether (sulfide) groups is 1. The van der Waals surface area contributed by atoms with E-state index in [1.807, 2.05) is 30.3 Å². The number of aromatic nitrogens is 1. The molecule has 0 amide bonds. The number of Topliss-reactive ketones (excluding diaryl/α,β-unsaturated/α-hetero) is 1. The minimum Gasteiger partial charge on any atom is -0.497 e. The largest absolute Gasteiger partial charge is 0.497 e. The maximum Gasteiger partial charge on any atom is 0.307 e. The molecule has 0 saturated carbocycles. The molecule has 0 fully saturated rings. The van der Waals surface area contributed by atoms with E-state index >= 15 is 0 Å². The summed E-state index contributed by atoms with van der Waals surface area (Å²) in [6.07, 6.45) is 0.0999. The summed E-state index contributed by atoms with van der Waals surface area (Å²) in [6.45, 7) is -0.318. The maximum absolute atomic E-state index is 12.1. The second kappa shape index (κ2) is 11.0. The van der Waals surface area contributed by atoms with Crippen LogP contribution in [0.15, 0.2) is 71.8 Å². The van der Waals surface area contributed by atoms with Crippen molar-refractivity contribution in [1.29, 1.82) is 5.26 Å². The highest BCUT2D eigenvalue weighted by Crippen LogP contribution is 2.25. The Morgan fingerprint density at radius 1 is 1.03 bits per heavy atom. The van der Waals surface area contributed by atoms with Gasteiger partial charge in [-0.2, -0.15) is 5.26 Å². The molecule has 156 valence electrons. The third-order valence-corrected chi connectivity index (χ3v) is 5.36. The number of carbonyl (C=O) groups excluding carboxylic acids is 2. The van der Waals surface area contributed by atoms with Gasteiger partial charge in [0.05, 0.1) is 24.8 Å². The van der Waals surface area contributed by atoms with Crippen molar-refractivity contribution < 1.29 is 19.1 Å². The molecule has 31 heavy (non-hydrogen) atoms. The maximum atomic E-state index is 12.1. The number of benzene rings is 2. The summed E-state index contributed by atoms with van der Waals surface area (Å²) in [5, 5.41) is 9.90. The van der Waals surface area contributed by atoms with Gasteiger partial charge in [0.2, 0.25) is 0 Å². The predicted octanol–water partition coefficient (Wildman–Crippen LogP) is 4.54. The SMILES string of the molecule is COc1ccc(C(=O)COC(=O)CCSc2nc(-c3ccccc3)ccc2C#N)cc1. The number of methoxy groups -OCH3 is 1. The van der Waals surface area contributed by atoms with E-state index in [0.29, 0.717) is 27.7 Å². The molecule has 7 heteroatoms. The number of hydrogen-bond donors (Lipinski definition) is 0. The summed E-state index contributed by atoms with van der Waals surface area (Å²) in [5.41, 5.74) is 2.61. The number of esters is 1. The number of ketones is 1. The van der Waals surface area contributed by atoms with Gasteiger partial charge < -0.3 is 9.47 Å². The molecule has 2 aromatic carbocycles. The summed E-state index contributed by atoms with van der Waals surface area (Å²) < 4.78 is 10.1. The summed E-state index contributed by atoms with van der Waals surface area (Å²) in [6, 6.07) is 21.9. The minimum atomic E-state index is -0.480. The Hall–Kier alpha value is -3.63. The number of carbonyl (C=O) groups is 2. The van der Waals surface area contributed by atoms with Crippen LogP contribution in [0.3, 0.4) is 0 Å². The quantitative estimate of drug-likeness (QED) is 0.279. The minimum absolute atomic E-state index is 0.0999. The summed E-state index contributed by atoms with van der Waals surface area (Å²) in [5.74, 6) is 0.266. The molecule has 0 atom stereocenters. The van der Waals surface area contributed by atoms with Crippen LogP contribution in [0.1, 0.15) is 22.3 Å². The highest BCUT2D eigenvalue weighted by Gasteiger charge is 2.12. The lowest BCUT2D eigenvalue weighted by Crippen LogP contribution is -2.14. The van der Waals surface area contributed by atoms with Crippen LogP contribution in [-0.4, -0.2) is 36.2 Å². The van der Waals surface area contributed by atoms with Crippen molar-refractivity contribution >= 4 is 23.5 Å². The van der Waals surface area contributed by atoms with Crippen LogP contribution in [0.4, 0.5) is 0 Å². The average Bonchev–Trinajstić information content (AvgIpc) is 2.83. The second-order valence-corrected chi connectivity index (χ2v) is 7.52. The van der Waals surface area contributed by atoms with Gasteiger partial charge >= 0.3 is 5.97 Å². The third-order valence-electron chi connectivity index (χ3n) is 4.37. The first-order valence-corrected chi connectivity index (χ1v) is 10.5. The fraction of sp³-hybridized carbons (Fsp3) is 0.167. The Morgan fingerprint density at radius 3 is 2.45 bits per heavy atom. The van der Waals surface area contributed by atoms with E-state index in [4.69, 9.17) is 9.47 Å². The normalized spacial score (nSPS) is 10.2. The highest BCUT2D eigenvalue weighted by molar-refractivity contribution is 7.99. The van der Waals surface area contributed by atoms with Gasteiger partial charge in [-0.15, -0.1) is 11.8 Å². The van der Waals surface area contributed by atoms with Crippen molar-refractivity contribution in [2.24, 2.45) is 0 Å². The summed E-state index contributed by atoms with van der Waals surface area (Å²) in [4.78, 5) is 28.7. The molecule has 0 radical (unpaired) electrons. The number of nitriles is 1. The zero-order valence-electron chi connectivity index (χ0n) is 16.9. The van der Waals surface area contributed by atoms with E-state index < -0.39 is 5.97 Å². The summed E-state index contributed by atoms with van der Waals surface area (Å²) >= 11 is 1.31. The lowest BCUT2D eigenvalue weighted by molar-refractivity contribution is -0.141. The first-order chi connectivity index (χ1) is 15.1. The van der Waals surface area contributed by atoms with Crippen molar-refractivity contribution in [3.63, 3.8) is 0 Å². The topological polar surface area (TPSA) is 89.3 Å². The molecule has 0 spiro atoms. The molecule has 0 aliphatic carbocycles. The van der Waals surface area contributed by atoms with Gasteiger partial charge in [-0.1, -0.05) is 30.3 Å². The Labute approximate surface area is 184 Å². The van der Waals surface area contributed by atoms with E-state index in [1.54, 1.807) is 43.5 Å². The number of rotatable bonds is 9. The molecule has 0 unspecified atom stereocenters. The zero-order chi connectivity index (χ0) is 22.1. The molecule has 3 aromatic rings. The van der Waals surface area contributed by atoms with Crippen molar-refractivity contribution in [2.45, 2.75) is 11.4 Å². The van der Waals surface area contributed by atoms with Crippen molar-refractivity contribution in [3.05, 3.63) is 77.9 Å². The highest BCUT2D eigenvalue weighted by atomic mass is 32.2. The first kappa shape index (κ1) is 22.1. The molecule has 6 nitrogen and oxygen atoms in total. The van der Waals surface area contributed by atoms with E-state index in [-0.39, 0.29) is 18.8 Å². The number of ether oxygens (including phenoxy) is 2. The predicted molar refractivity (Wildman–Crippen MR) is 118 cm³/mol. The van der Waals surface area contributed by atoms with Gasteiger partial charge in [0.25, 0.3) is 0 Å². The Bertz CT molecular complexity index is 1090. The summed E-state index contributed by atoms with van der Waals surface area (Å²) in [7, 11) is 1.55. The molecule has 1 heterocycles. The first-order valence-electron chi connectivity index (χ1n) is 9.53. The Morgan fingerprint density at radius 2 is 1.77 bits per heavy atom. The number of nitrogens with zero attached hydrogens (tertiary/aromatic N) is 2. The molecule has 0 aliphatic rings. The number of pyridine rings is 1. The lowest BCUT2D eigenvalue weighted by Gasteiger charge is -2.07. The van der Waals surface area contributed by atoms with E-state index in [9.17, 15) is 14.9 Å². The molecule has 0 aliphatic heterocycles. The fourth-order valence-electron chi connectivity index (χ4n) is 2.71. The van der Waals surface area contributed by atoms with Crippen LogP contribution in [-0.2, 0) is 9.53 Å². The van der Waals surface area contributed by atoms with Crippen LogP contribution in [0, 0.1) is 11.3 Å². The molecule has 0 bridgehead atoms. The molecule has 0 N–H and O–H groups in total. The van der Waals surface area contributed by atoms with Gasteiger partial charge in [-0.05, 0) is 36.4 Å². The van der Waals surface area contributed by atoms with Crippen LogP contribution < -0.4 is 4.74 Å². The standard InChI is InChI=1S/C24H20N2O4S/c1-29-20-10-7-18(8-11-20)22(27)16-30-23(28)13-14-31-24-19(15-25)9-12-21(26-24)17-5-3-2-4-6-17/h2-12H,13-14,16H2,1H3. The molecule has 0 saturated heterocycles. The van der Waals surface area contributed by atoms with E-state index in [2.05, 4.69) is 11.1 Å². The van der Waals surface area contributed by atoms with Crippen LogP contribution >= 0.6 is 11.8 Å². The van der Waals surface area contributed by atoms with Gasteiger partial charge in [0.1, 0.15) is 16.8 Å². The monoisotopic (exact) mass is 432 g/mol. The van der Waals surface area contributed by atoms with E-state index in [0.717, 1.165) is 11.3 Å². The molecule has 3 rings (SSSR count). The smallest absolute Gasteiger partial charge is 0.307 e.